The van der Waals surface area contributed by atoms with Crippen LogP contribution in [-0.4, -0.2) is 19.6 Å². The zero-order valence-corrected chi connectivity index (χ0v) is 13.9. The molecule has 0 radical (unpaired) electrons. The standard InChI is InChI=1S/C18H19F3N2O2/c1-12-3-6-14(9-16(12)18(19,20)21)22-11-17(24)23-10-13-4-7-15(25-2)8-5-13/h3-9,22H,10-11H2,1-2H3,(H,23,24). The van der Waals surface area contributed by atoms with E-state index in [0.29, 0.717) is 6.54 Å². The number of hydrogen-bond acceptors (Lipinski definition) is 3. The van der Waals surface area contributed by atoms with Crippen molar-refractivity contribution < 1.29 is 22.7 Å². The van der Waals surface area contributed by atoms with Crippen LogP contribution in [0.25, 0.3) is 0 Å². The van der Waals surface area contributed by atoms with Gasteiger partial charge in [0.15, 0.2) is 0 Å². The molecule has 0 bridgehead atoms. The predicted octanol–water partition coefficient (Wildman–Crippen LogP) is 3.75. The smallest absolute Gasteiger partial charge is 0.416 e. The Bertz CT molecular complexity index is 728. The molecule has 0 heterocycles. The second-order valence-corrected chi connectivity index (χ2v) is 5.51. The van der Waals surface area contributed by atoms with E-state index < -0.39 is 11.7 Å². The second kappa shape index (κ2) is 7.92. The van der Waals surface area contributed by atoms with Crippen molar-refractivity contribution in [3.63, 3.8) is 0 Å². The molecule has 0 aliphatic rings. The molecule has 0 spiro atoms. The largest absolute Gasteiger partial charge is 0.497 e. The number of anilines is 1. The number of carbonyl (C=O) groups excluding carboxylic acids is 1. The number of rotatable bonds is 6. The molecular weight excluding hydrogens is 333 g/mol. The number of halogens is 3. The van der Waals surface area contributed by atoms with E-state index in [2.05, 4.69) is 10.6 Å². The normalized spacial score (nSPS) is 11.1. The van der Waals surface area contributed by atoms with Gasteiger partial charge in [0.25, 0.3) is 0 Å². The highest BCUT2D eigenvalue weighted by Gasteiger charge is 2.32. The molecule has 2 aromatic carbocycles. The summed E-state index contributed by atoms with van der Waals surface area (Å²) in [6, 6.07) is 11.1. The summed E-state index contributed by atoms with van der Waals surface area (Å²) < 4.78 is 43.7. The number of nitrogens with one attached hydrogen (secondary N) is 2. The van der Waals surface area contributed by atoms with Crippen LogP contribution in [0.15, 0.2) is 42.5 Å². The molecule has 0 saturated carbocycles. The van der Waals surface area contributed by atoms with Crippen molar-refractivity contribution in [3.8, 4) is 5.75 Å². The van der Waals surface area contributed by atoms with Crippen LogP contribution in [-0.2, 0) is 17.5 Å². The molecule has 4 nitrogen and oxygen atoms in total. The van der Waals surface area contributed by atoms with E-state index in [1.807, 2.05) is 12.1 Å². The van der Waals surface area contributed by atoms with Crippen LogP contribution < -0.4 is 15.4 Å². The van der Waals surface area contributed by atoms with Gasteiger partial charge in [0.1, 0.15) is 5.75 Å². The number of methoxy groups -OCH3 is 1. The molecule has 25 heavy (non-hydrogen) atoms. The van der Waals surface area contributed by atoms with E-state index in [4.69, 9.17) is 4.74 Å². The Morgan fingerprint density at radius 2 is 1.80 bits per heavy atom. The molecule has 2 rings (SSSR count). The van der Waals surface area contributed by atoms with Crippen molar-refractivity contribution in [2.45, 2.75) is 19.6 Å². The summed E-state index contributed by atoms with van der Waals surface area (Å²) in [7, 11) is 1.57. The molecule has 0 saturated heterocycles. The van der Waals surface area contributed by atoms with E-state index in [1.54, 1.807) is 19.2 Å². The minimum atomic E-state index is -4.42. The first-order valence-electron chi connectivity index (χ1n) is 7.61. The lowest BCUT2D eigenvalue weighted by atomic mass is 10.1. The fraction of sp³-hybridized carbons (Fsp3) is 0.278. The highest BCUT2D eigenvalue weighted by atomic mass is 19.4. The third-order valence-electron chi connectivity index (χ3n) is 3.64. The maximum absolute atomic E-state index is 12.9. The number of carbonyl (C=O) groups is 1. The summed E-state index contributed by atoms with van der Waals surface area (Å²) >= 11 is 0. The van der Waals surface area contributed by atoms with E-state index in [1.165, 1.54) is 19.1 Å². The van der Waals surface area contributed by atoms with Crippen LogP contribution in [0, 0.1) is 6.92 Å². The first-order valence-corrected chi connectivity index (χ1v) is 7.61. The molecule has 134 valence electrons. The van der Waals surface area contributed by atoms with Crippen molar-refractivity contribution in [2.24, 2.45) is 0 Å². The molecule has 0 atom stereocenters. The molecule has 0 aromatic heterocycles. The average Bonchev–Trinajstić information content (AvgIpc) is 2.58. The summed E-state index contributed by atoms with van der Waals surface area (Å²) in [6.45, 7) is 1.61. The Labute approximate surface area is 144 Å². The Morgan fingerprint density at radius 3 is 2.40 bits per heavy atom. The molecule has 7 heteroatoms. The van der Waals surface area contributed by atoms with Crippen LogP contribution in [0.2, 0.25) is 0 Å². The minimum Gasteiger partial charge on any atom is -0.497 e. The van der Waals surface area contributed by atoms with Crippen LogP contribution in [0.3, 0.4) is 0 Å². The van der Waals surface area contributed by atoms with E-state index >= 15 is 0 Å². The summed E-state index contributed by atoms with van der Waals surface area (Å²) in [6.07, 6.45) is -4.42. The van der Waals surface area contributed by atoms with Gasteiger partial charge in [-0.05, 0) is 42.3 Å². The van der Waals surface area contributed by atoms with Crippen molar-refractivity contribution in [1.29, 1.82) is 0 Å². The summed E-state index contributed by atoms with van der Waals surface area (Å²) in [5, 5.41) is 5.41. The Morgan fingerprint density at radius 1 is 1.12 bits per heavy atom. The Balaban J connectivity index is 1.87. The van der Waals surface area contributed by atoms with Crippen molar-refractivity contribution >= 4 is 11.6 Å². The lowest BCUT2D eigenvalue weighted by Crippen LogP contribution is -2.29. The van der Waals surface area contributed by atoms with Gasteiger partial charge in [-0.15, -0.1) is 0 Å². The monoisotopic (exact) mass is 352 g/mol. The third kappa shape index (κ3) is 5.41. The summed E-state index contributed by atoms with van der Waals surface area (Å²) in [5.41, 5.74) is 0.569. The van der Waals surface area contributed by atoms with Crippen molar-refractivity contribution in [1.82, 2.24) is 5.32 Å². The SMILES string of the molecule is COc1ccc(CNC(=O)CNc2ccc(C)c(C(F)(F)F)c2)cc1. The number of hydrogen-bond donors (Lipinski definition) is 2. The average molecular weight is 352 g/mol. The van der Waals surface area contributed by atoms with Crippen molar-refractivity contribution in [2.75, 3.05) is 19.0 Å². The first-order chi connectivity index (χ1) is 11.8. The molecule has 0 aliphatic heterocycles. The van der Waals surface area contributed by atoms with Crippen LogP contribution in [0.1, 0.15) is 16.7 Å². The molecule has 0 fully saturated rings. The number of benzene rings is 2. The number of alkyl halides is 3. The van der Waals surface area contributed by atoms with Gasteiger partial charge >= 0.3 is 6.18 Å². The fourth-order valence-electron chi connectivity index (χ4n) is 2.23. The maximum atomic E-state index is 12.9. The van der Waals surface area contributed by atoms with Gasteiger partial charge in [0.05, 0.1) is 19.2 Å². The number of amides is 1. The highest BCUT2D eigenvalue weighted by Crippen LogP contribution is 2.33. The van der Waals surface area contributed by atoms with Gasteiger partial charge in [-0.2, -0.15) is 13.2 Å². The molecule has 2 aromatic rings. The second-order valence-electron chi connectivity index (χ2n) is 5.51. The molecule has 0 unspecified atom stereocenters. The van der Waals surface area contributed by atoms with Crippen LogP contribution in [0.4, 0.5) is 18.9 Å². The zero-order chi connectivity index (χ0) is 18.4. The van der Waals surface area contributed by atoms with Crippen molar-refractivity contribution in [3.05, 3.63) is 59.2 Å². The van der Waals surface area contributed by atoms with Crippen LogP contribution >= 0.6 is 0 Å². The quantitative estimate of drug-likeness (QED) is 0.832. The van der Waals surface area contributed by atoms with Gasteiger partial charge in [0.2, 0.25) is 5.91 Å². The number of ether oxygens (including phenoxy) is 1. The van der Waals surface area contributed by atoms with Gasteiger partial charge in [-0.3, -0.25) is 4.79 Å². The van der Waals surface area contributed by atoms with Gasteiger partial charge in [-0.1, -0.05) is 18.2 Å². The molecule has 0 aliphatic carbocycles. The third-order valence-corrected chi connectivity index (χ3v) is 3.64. The topological polar surface area (TPSA) is 50.4 Å². The molecular formula is C18H19F3N2O2. The first kappa shape index (κ1) is 18.6. The van der Waals surface area contributed by atoms with E-state index in [9.17, 15) is 18.0 Å². The summed E-state index contributed by atoms with van der Waals surface area (Å²) in [5.74, 6) is 0.404. The highest BCUT2D eigenvalue weighted by molar-refractivity contribution is 5.80. The predicted molar refractivity (Wildman–Crippen MR) is 89.5 cm³/mol. The van der Waals surface area contributed by atoms with Gasteiger partial charge in [0, 0.05) is 12.2 Å². The minimum absolute atomic E-state index is 0.115. The lowest BCUT2D eigenvalue weighted by Gasteiger charge is -2.13. The van der Waals surface area contributed by atoms with E-state index in [0.717, 1.165) is 17.4 Å². The maximum Gasteiger partial charge on any atom is 0.416 e. The Hall–Kier alpha value is -2.70. The molecule has 1 amide bonds. The van der Waals surface area contributed by atoms with Gasteiger partial charge in [-0.25, -0.2) is 0 Å². The fourth-order valence-corrected chi connectivity index (χ4v) is 2.23. The summed E-state index contributed by atoms with van der Waals surface area (Å²) in [4.78, 5) is 11.8. The zero-order valence-electron chi connectivity index (χ0n) is 13.9. The Kier molecular flexibility index (Phi) is 5.90. The van der Waals surface area contributed by atoms with Gasteiger partial charge < -0.3 is 15.4 Å². The molecule has 2 N–H and O–H groups in total. The number of aryl methyl sites for hydroxylation is 1. The van der Waals surface area contributed by atoms with Crippen LogP contribution in [0.5, 0.6) is 5.75 Å². The lowest BCUT2D eigenvalue weighted by molar-refractivity contribution is -0.138. The van der Waals surface area contributed by atoms with E-state index in [-0.39, 0.29) is 23.7 Å².